The van der Waals surface area contributed by atoms with Crippen LogP contribution in [0.4, 0.5) is 0 Å². The maximum Gasteiger partial charge on any atom is 0.222 e. The molecule has 1 aliphatic heterocycles. The molecular formula is C23H26ClNO2. The van der Waals surface area contributed by atoms with Crippen molar-refractivity contribution >= 4 is 17.5 Å². The van der Waals surface area contributed by atoms with Crippen molar-refractivity contribution in [2.45, 2.75) is 51.0 Å². The lowest BCUT2D eigenvalue weighted by Gasteiger charge is -2.35. The molecule has 2 fully saturated rings. The first-order chi connectivity index (χ1) is 13.1. The predicted molar refractivity (Wildman–Crippen MR) is 109 cm³/mol. The first kappa shape index (κ1) is 18.4. The fraction of sp³-hybridized carbons (Fsp3) is 0.435. The van der Waals surface area contributed by atoms with E-state index in [4.69, 9.17) is 11.6 Å². The Morgan fingerprint density at radius 2 is 1.81 bits per heavy atom. The Bertz CT molecular complexity index is 818. The lowest BCUT2D eigenvalue weighted by atomic mass is 9.81. The van der Waals surface area contributed by atoms with Crippen LogP contribution < -0.4 is 0 Å². The molecule has 1 aliphatic carbocycles. The van der Waals surface area contributed by atoms with Gasteiger partial charge in [-0.1, -0.05) is 42.3 Å². The zero-order valence-electron chi connectivity index (χ0n) is 15.5. The number of rotatable bonds is 4. The zero-order valence-corrected chi connectivity index (χ0v) is 16.3. The topological polar surface area (TPSA) is 40.5 Å². The second-order valence-corrected chi connectivity index (χ2v) is 8.34. The van der Waals surface area contributed by atoms with Crippen LogP contribution in [-0.2, 0) is 11.2 Å². The average Bonchev–Trinajstić information content (AvgIpc) is 3.10. The van der Waals surface area contributed by atoms with E-state index in [1.165, 1.54) is 18.4 Å². The molecule has 1 saturated heterocycles. The second kappa shape index (κ2) is 7.93. The van der Waals surface area contributed by atoms with Gasteiger partial charge in [0.05, 0.1) is 0 Å². The molecule has 0 radical (unpaired) electrons. The smallest absolute Gasteiger partial charge is 0.222 e. The van der Waals surface area contributed by atoms with Gasteiger partial charge in [0.2, 0.25) is 5.91 Å². The van der Waals surface area contributed by atoms with Crippen LogP contribution in [0.1, 0.15) is 44.1 Å². The fourth-order valence-electron chi connectivity index (χ4n) is 4.64. The Morgan fingerprint density at radius 3 is 2.52 bits per heavy atom. The van der Waals surface area contributed by atoms with Crippen LogP contribution in [0.5, 0.6) is 5.75 Å². The molecule has 2 aromatic rings. The predicted octanol–water partition coefficient (Wildman–Crippen LogP) is 5.44. The fourth-order valence-corrected chi connectivity index (χ4v) is 4.90. The molecule has 2 unspecified atom stereocenters. The van der Waals surface area contributed by atoms with E-state index in [1.807, 2.05) is 18.2 Å². The first-order valence-corrected chi connectivity index (χ1v) is 10.4. The number of carbonyl (C=O) groups is 1. The number of hydrogen-bond acceptors (Lipinski definition) is 2. The van der Waals surface area contributed by atoms with Gasteiger partial charge in [0.15, 0.2) is 0 Å². The minimum absolute atomic E-state index is 0.268. The van der Waals surface area contributed by atoms with Crippen LogP contribution in [0.25, 0.3) is 11.1 Å². The summed E-state index contributed by atoms with van der Waals surface area (Å²) in [5.74, 6) is 1.20. The molecule has 2 aromatic carbocycles. The molecule has 0 spiro atoms. The number of likely N-dealkylation sites (tertiary alicyclic amines) is 1. The van der Waals surface area contributed by atoms with Crippen LogP contribution in [-0.4, -0.2) is 28.5 Å². The SMILES string of the molecule is O=C1CCCN1C1CCCC(Cc2ccc(-c3ccc(O)cc3)cc2Cl)C1. The van der Waals surface area contributed by atoms with E-state index < -0.39 is 0 Å². The van der Waals surface area contributed by atoms with Crippen LogP contribution in [0.15, 0.2) is 42.5 Å². The number of hydrogen-bond donors (Lipinski definition) is 1. The number of halogens is 1. The summed E-state index contributed by atoms with van der Waals surface area (Å²) in [7, 11) is 0. The molecule has 1 saturated carbocycles. The molecule has 142 valence electrons. The van der Waals surface area contributed by atoms with Crippen LogP contribution in [0.3, 0.4) is 0 Å². The van der Waals surface area contributed by atoms with Crippen LogP contribution in [0.2, 0.25) is 5.02 Å². The summed E-state index contributed by atoms with van der Waals surface area (Å²) in [6.45, 7) is 0.943. The van der Waals surface area contributed by atoms with Crippen molar-refractivity contribution in [2.75, 3.05) is 6.54 Å². The first-order valence-electron chi connectivity index (χ1n) is 9.97. The summed E-state index contributed by atoms with van der Waals surface area (Å²) < 4.78 is 0. The van der Waals surface area contributed by atoms with Crippen molar-refractivity contribution in [3.05, 3.63) is 53.1 Å². The van der Waals surface area contributed by atoms with Crippen molar-refractivity contribution in [1.29, 1.82) is 0 Å². The van der Waals surface area contributed by atoms with Crippen molar-refractivity contribution in [2.24, 2.45) is 5.92 Å². The third-order valence-corrected chi connectivity index (χ3v) is 6.42. The number of carbonyl (C=O) groups excluding carboxylic acids is 1. The molecule has 1 N–H and O–H groups in total. The van der Waals surface area contributed by atoms with Gasteiger partial charge in [0.25, 0.3) is 0 Å². The Labute approximate surface area is 166 Å². The van der Waals surface area contributed by atoms with Crippen LogP contribution >= 0.6 is 11.6 Å². The summed E-state index contributed by atoms with van der Waals surface area (Å²) in [4.78, 5) is 14.2. The molecular weight excluding hydrogens is 358 g/mol. The van der Waals surface area contributed by atoms with Gasteiger partial charge in [-0.2, -0.15) is 0 Å². The van der Waals surface area contributed by atoms with Gasteiger partial charge in [0, 0.05) is 24.0 Å². The molecule has 4 heteroatoms. The second-order valence-electron chi connectivity index (χ2n) is 7.93. The van der Waals surface area contributed by atoms with E-state index in [1.54, 1.807) is 12.1 Å². The normalized spacial score (nSPS) is 23.0. The van der Waals surface area contributed by atoms with Gasteiger partial charge in [-0.3, -0.25) is 4.79 Å². The number of benzene rings is 2. The third-order valence-electron chi connectivity index (χ3n) is 6.07. The molecule has 27 heavy (non-hydrogen) atoms. The Hall–Kier alpha value is -2.00. The highest BCUT2D eigenvalue weighted by molar-refractivity contribution is 6.31. The standard InChI is InChI=1S/C23H26ClNO2/c24-22-15-18(17-8-10-21(26)11-9-17)6-7-19(22)13-16-3-1-4-20(14-16)25-12-2-5-23(25)27/h6-11,15-16,20,26H,1-5,12-14H2. The summed E-state index contributed by atoms with van der Waals surface area (Å²) in [6.07, 6.45) is 7.39. The molecule has 3 nitrogen and oxygen atoms in total. The lowest BCUT2D eigenvalue weighted by molar-refractivity contribution is -0.130. The Morgan fingerprint density at radius 1 is 1.04 bits per heavy atom. The van der Waals surface area contributed by atoms with Gasteiger partial charge in [-0.15, -0.1) is 0 Å². The van der Waals surface area contributed by atoms with E-state index in [0.717, 1.165) is 54.8 Å². The minimum Gasteiger partial charge on any atom is -0.508 e. The summed E-state index contributed by atoms with van der Waals surface area (Å²) in [5.41, 5.74) is 3.30. The van der Waals surface area contributed by atoms with Crippen molar-refractivity contribution in [3.63, 3.8) is 0 Å². The third kappa shape index (κ3) is 4.14. The van der Waals surface area contributed by atoms with Crippen molar-refractivity contribution in [3.8, 4) is 16.9 Å². The van der Waals surface area contributed by atoms with Crippen molar-refractivity contribution in [1.82, 2.24) is 4.90 Å². The highest BCUT2D eigenvalue weighted by Crippen LogP contribution is 2.34. The monoisotopic (exact) mass is 383 g/mol. The van der Waals surface area contributed by atoms with E-state index in [0.29, 0.717) is 17.9 Å². The minimum atomic E-state index is 0.268. The highest BCUT2D eigenvalue weighted by Gasteiger charge is 2.32. The Balaban J connectivity index is 1.44. The van der Waals surface area contributed by atoms with E-state index in [9.17, 15) is 9.90 Å². The lowest BCUT2D eigenvalue weighted by Crippen LogP contribution is -2.39. The van der Waals surface area contributed by atoms with Gasteiger partial charge < -0.3 is 10.0 Å². The van der Waals surface area contributed by atoms with Gasteiger partial charge in [0.1, 0.15) is 5.75 Å². The molecule has 1 heterocycles. The number of phenols is 1. The quantitative estimate of drug-likeness (QED) is 0.764. The van der Waals surface area contributed by atoms with Gasteiger partial charge >= 0.3 is 0 Å². The molecule has 0 aromatic heterocycles. The molecule has 1 amide bonds. The number of aromatic hydroxyl groups is 1. The van der Waals surface area contributed by atoms with Crippen molar-refractivity contribution < 1.29 is 9.90 Å². The Kier molecular flexibility index (Phi) is 5.40. The molecule has 4 rings (SSSR count). The number of amides is 1. The summed E-state index contributed by atoms with van der Waals surface area (Å²) in [6, 6.07) is 13.9. The van der Waals surface area contributed by atoms with E-state index in [-0.39, 0.29) is 5.75 Å². The van der Waals surface area contributed by atoms with Gasteiger partial charge in [-0.25, -0.2) is 0 Å². The number of phenolic OH excluding ortho intramolecular Hbond substituents is 1. The molecule has 0 bridgehead atoms. The summed E-state index contributed by atoms with van der Waals surface area (Å²) in [5, 5.41) is 10.3. The van der Waals surface area contributed by atoms with Gasteiger partial charge in [-0.05, 0) is 72.9 Å². The molecule has 2 aliphatic rings. The van der Waals surface area contributed by atoms with Crippen LogP contribution in [0, 0.1) is 5.92 Å². The average molecular weight is 384 g/mol. The largest absolute Gasteiger partial charge is 0.508 e. The summed E-state index contributed by atoms with van der Waals surface area (Å²) >= 11 is 6.60. The van der Waals surface area contributed by atoms with E-state index >= 15 is 0 Å². The molecule has 2 atom stereocenters. The highest BCUT2D eigenvalue weighted by atomic mass is 35.5. The maximum absolute atomic E-state index is 12.1. The maximum atomic E-state index is 12.1. The van der Waals surface area contributed by atoms with E-state index in [2.05, 4.69) is 17.0 Å². The zero-order chi connectivity index (χ0) is 18.8. The number of nitrogens with zero attached hydrogens (tertiary/aromatic N) is 1.